The first-order valence-corrected chi connectivity index (χ1v) is 6.15. The molecule has 0 spiro atoms. The summed E-state index contributed by atoms with van der Waals surface area (Å²) < 4.78 is 27.8. The van der Waals surface area contributed by atoms with Crippen LogP contribution in [-0.4, -0.2) is 6.54 Å². The van der Waals surface area contributed by atoms with Gasteiger partial charge in [0.2, 0.25) is 0 Å². The highest BCUT2D eigenvalue weighted by molar-refractivity contribution is 9.10. The fourth-order valence-corrected chi connectivity index (χ4v) is 2.06. The molecule has 0 saturated heterocycles. The minimum Gasteiger partial charge on any atom is -0.310 e. The Balaban J connectivity index is 3.22. The van der Waals surface area contributed by atoms with E-state index in [0.29, 0.717) is 11.0 Å². The second-order valence-corrected chi connectivity index (χ2v) is 4.89. The maximum Gasteiger partial charge on any atom is 0.145 e. The van der Waals surface area contributed by atoms with E-state index in [-0.39, 0.29) is 17.5 Å². The Bertz CT molecular complexity index is 366. The monoisotopic (exact) mass is 291 g/mol. The highest BCUT2D eigenvalue weighted by Crippen LogP contribution is 2.30. The van der Waals surface area contributed by atoms with Gasteiger partial charge in [0.15, 0.2) is 0 Å². The molecule has 1 aromatic rings. The molecule has 4 heteroatoms. The van der Waals surface area contributed by atoms with Gasteiger partial charge in [-0.3, -0.25) is 0 Å². The Hall–Kier alpha value is -0.480. The Morgan fingerprint density at radius 2 is 1.94 bits per heavy atom. The lowest BCUT2D eigenvalue weighted by Crippen LogP contribution is -2.27. The van der Waals surface area contributed by atoms with Crippen molar-refractivity contribution in [3.8, 4) is 0 Å². The van der Waals surface area contributed by atoms with Crippen molar-refractivity contribution in [3.63, 3.8) is 0 Å². The van der Waals surface area contributed by atoms with Crippen molar-refractivity contribution in [1.82, 2.24) is 5.32 Å². The summed E-state index contributed by atoms with van der Waals surface area (Å²) in [6, 6.07) is 2.37. The van der Waals surface area contributed by atoms with Crippen LogP contribution >= 0.6 is 15.9 Å². The van der Waals surface area contributed by atoms with E-state index >= 15 is 0 Å². The van der Waals surface area contributed by atoms with Gasteiger partial charge in [0.25, 0.3) is 0 Å². The molecule has 1 rings (SSSR count). The number of halogens is 3. The van der Waals surface area contributed by atoms with Crippen molar-refractivity contribution in [2.24, 2.45) is 5.92 Å². The Kier molecular flexibility index (Phi) is 4.87. The van der Waals surface area contributed by atoms with E-state index in [2.05, 4.69) is 21.2 Å². The van der Waals surface area contributed by atoms with Crippen molar-refractivity contribution in [1.29, 1.82) is 0 Å². The van der Waals surface area contributed by atoms with Crippen LogP contribution in [0.15, 0.2) is 16.6 Å². The van der Waals surface area contributed by atoms with E-state index in [1.165, 1.54) is 12.1 Å². The van der Waals surface area contributed by atoms with Crippen molar-refractivity contribution >= 4 is 15.9 Å². The first-order chi connectivity index (χ1) is 7.49. The molecule has 1 aromatic carbocycles. The second kappa shape index (κ2) is 5.73. The van der Waals surface area contributed by atoms with Crippen LogP contribution in [0.1, 0.15) is 32.4 Å². The highest BCUT2D eigenvalue weighted by Gasteiger charge is 2.23. The molecular formula is C12H16BrF2N. The quantitative estimate of drug-likeness (QED) is 0.826. The van der Waals surface area contributed by atoms with Crippen LogP contribution in [0.4, 0.5) is 8.78 Å². The average molecular weight is 292 g/mol. The summed E-state index contributed by atoms with van der Waals surface area (Å²) in [5, 5.41) is 3.11. The van der Waals surface area contributed by atoms with Gasteiger partial charge in [0, 0.05) is 11.6 Å². The smallest absolute Gasteiger partial charge is 0.145 e. The molecule has 0 aromatic heterocycles. The Morgan fingerprint density at radius 3 is 2.44 bits per heavy atom. The van der Waals surface area contributed by atoms with Crippen LogP contribution in [-0.2, 0) is 0 Å². The van der Waals surface area contributed by atoms with Gasteiger partial charge in [-0.1, -0.05) is 20.8 Å². The average Bonchev–Trinajstić information content (AvgIpc) is 2.22. The van der Waals surface area contributed by atoms with E-state index in [1.54, 1.807) is 0 Å². The van der Waals surface area contributed by atoms with Crippen LogP contribution in [0, 0.1) is 17.6 Å². The number of nitrogens with one attached hydrogen (secondary N) is 1. The molecular weight excluding hydrogens is 276 g/mol. The van der Waals surface area contributed by atoms with E-state index in [9.17, 15) is 8.78 Å². The highest BCUT2D eigenvalue weighted by atomic mass is 79.9. The molecule has 0 aliphatic rings. The molecule has 1 atom stereocenters. The summed E-state index contributed by atoms with van der Waals surface area (Å²) in [5.41, 5.74) is 0.117. The molecule has 1 N–H and O–H groups in total. The van der Waals surface area contributed by atoms with Gasteiger partial charge < -0.3 is 5.32 Å². The third-order valence-corrected chi connectivity index (χ3v) is 3.09. The van der Waals surface area contributed by atoms with Crippen LogP contribution in [0.25, 0.3) is 0 Å². The molecule has 16 heavy (non-hydrogen) atoms. The maximum absolute atomic E-state index is 13.9. The van der Waals surface area contributed by atoms with Crippen molar-refractivity contribution in [2.45, 2.75) is 26.8 Å². The summed E-state index contributed by atoms with van der Waals surface area (Å²) in [4.78, 5) is 0. The number of rotatable bonds is 4. The lowest BCUT2D eigenvalue weighted by molar-refractivity contribution is 0.387. The van der Waals surface area contributed by atoms with E-state index < -0.39 is 11.6 Å². The molecule has 0 aliphatic heterocycles. The zero-order valence-corrected chi connectivity index (χ0v) is 11.2. The summed E-state index contributed by atoms with van der Waals surface area (Å²) in [5.74, 6) is -0.891. The van der Waals surface area contributed by atoms with E-state index in [1.807, 2.05) is 20.8 Å². The lowest BCUT2D eigenvalue weighted by Gasteiger charge is -2.23. The standard InChI is InChI=1S/C12H16BrF2N/c1-4-16-12(7(2)3)10-9(14)6-5-8(13)11(10)15/h5-7,12,16H,4H2,1-3H3. The largest absolute Gasteiger partial charge is 0.310 e. The molecule has 1 nitrogen and oxygen atoms in total. The SMILES string of the molecule is CCNC(c1c(F)ccc(Br)c1F)C(C)C. The first kappa shape index (κ1) is 13.6. The van der Waals surface area contributed by atoms with Gasteiger partial charge in [0.1, 0.15) is 11.6 Å². The molecule has 0 aliphatic carbocycles. The van der Waals surface area contributed by atoms with Gasteiger partial charge in [-0.15, -0.1) is 0 Å². The molecule has 1 unspecified atom stereocenters. The minimum atomic E-state index is -0.514. The first-order valence-electron chi connectivity index (χ1n) is 5.35. The molecule has 0 amide bonds. The van der Waals surface area contributed by atoms with E-state index in [0.717, 1.165) is 0 Å². The van der Waals surface area contributed by atoms with Crippen LogP contribution in [0.3, 0.4) is 0 Å². The van der Waals surface area contributed by atoms with Gasteiger partial charge in [0.05, 0.1) is 4.47 Å². The lowest BCUT2D eigenvalue weighted by atomic mass is 9.95. The fraction of sp³-hybridized carbons (Fsp3) is 0.500. The number of hydrogen-bond acceptors (Lipinski definition) is 1. The van der Waals surface area contributed by atoms with Crippen molar-refractivity contribution < 1.29 is 8.78 Å². The fourth-order valence-electron chi connectivity index (χ4n) is 1.72. The minimum absolute atomic E-state index is 0.117. The van der Waals surface area contributed by atoms with Gasteiger partial charge in [-0.05, 0) is 40.5 Å². The topological polar surface area (TPSA) is 12.0 Å². The normalized spacial score (nSPS) is 13.2. The van der Waals surface area contributed by atoms with Crippen LogP contribution in [0.2, 0.25) is 0 Å². The van der Waals surface area contributed by atoms with Crippen molar-refractivity contribution in [2.75, 3.05) is 6.54 Å². The van der Waals surface area contributed by atoms with Gasteiger partial charge >= 0.3 is 0 Å². The van der Waals surface area contributed by atoms with E-state index in [4.69, 9.17) is 0 Å². The molecule has 90 valence electrons. The molecule has 0 heterocycles. The second-order valence-electron chi connectivity index (χ2n) is 4.04. The third kappa shape index (κ3) is 2.80. The Labute approximate surface area is 103 Å². The number of benzene rings is 1. The zero-order chi connectivity index (χ0) is 12.3. The summed E-state index contributed by atoms with van der Waals surface area (Å²) in [7, 11) is 0. The molecule has 0 radical (unpaired) electrons. The summed E-state index contributed by atoms with van der Waals surface area (Å²) in [6.45, 7) is 6.47. The molecule has 0 saturated carbocycles. The number of hydrogen-bond donors (Lipinski definition) is 1. The van der Waals surface area contributed by atoms with Crippen molar-refractivity contribution in [3.05, 3.63) is 33.8 Å². The van der Waals surface area contributed by atoms with Crippen LogP contribution in [0.5, 0.6) is 0 Å². The molecule has 0 fully saturated rings. The third-order valence-electron chi connectivity index (χ3n) is 2.48. The summed E-state index contributed by atoms with van der Waals surface area (Å²) in [6.07, 6.45) is 0. The van der Waals surface area contributed by atoms with Crippen LogP contribution < -0.4 is 5.32 Å². The zero-order valence-electron chi connectivity index (χ0n) is 9.65. The predicted molar refractivity (Wildman–Crippen MR) is 65.3 cm³/mol. The van der Waals surface area contributed by atoms with Gasteiger partial charge in [-0.2, -0.15) is 0 Å². The molecule has 0 bridgehead atoms. The maximum atomic E-state index is 13.9. The summed E-state index contributed by atoms with van der Waals surface area (Å²) >= 11 is 3.08. The van der Waals surface area contributed by atoms with Gasteiger partial charge in [-0.25, -0.2) is 8.78 Å². The predicted octanol–water partition coefficient (Wildman–Crippen LogP) is 4.03. The Morgan fingerprint density at radius 1 is 1.31 bits per heavy atom.